The summed E-state index contributed by atoms with van der Waals surface area (Å²) >= 11 is 0. The summed E-state index contributed by atoms with van der Waals surface area (Å²) in [6.07, 6.45) is 3.11. The van der Waals surface area contributed by atoms with Crippen LogP contribution in [0.3, 0.4) is 0 Å². The lowest BCUT2D eigenvalue weighted by atomic mass is 10.3. The van der Waals surface area contributed by atoms with Gasteiger partial charge >= 0.3 is 0 Å². The zero-order valence-electron chi connectivity index (χ0n) is 10.4. The van der Waals surface area contributed by atoms with Crippen LogP contribution in [0, 0.1) is 0 Å². The van der Waals surface area contributed by atoms with Gasteiger partial charge in [-0.3, -0.25) is 9.59 Å². The van der Waals surface area contributed by atoms with Gasteiger partial charge in [-0.2, -0.15) is 10.2 Å². The minimum Gasteiger partial charge on any atom is -0.272 e. The Morgan fingerprint density at radius 3 is 2.32 bits per heavy atom. The highest BCUT2D eigenvalue weighted by Crippen LogP contribution is 2.19. The molecule has 0 aliphatic carbocycles. The van der Waals surface area contributed by atoms with Gasteiger partial charge in [-0.15, -0.1) is 5.11 Å². The van der Waals surface area contributed by atoms with E-state index < -0.39 is 0 Å². The third-order valence-corrected chi connectivity index (χ3v) is 2.35. The summed E-state index contributed by atoms with van der Waals surface area (Å²) in [7, 11) is 0. The first-order valence-electron chi connectivity index (χ1n) is 5.70. The molecule has 0 unspecified atom stereocenters. The molecule has 6 heteroatoms. The van der Waals surface area contributed by atoms with Crippen LogP contribution < -0.4 is 5.01 Å². The average molecular weight is 256 g/mol. The van der Waals surface area contributed by atoms with Gasteiger partial charge < -0.3 is 0 Å². The Morgan fingerprint density at radius 2 is 1.89 bits per heavy atom. The van der Waals surface area contributed by atoms with Gasteiger partial charge in [-0.1, -0.05) is 18.2 Å². The molecule has 0 saturated carbocycles. The maximum atomic E-state index is 11.4. The van der Waals surface area contributed by atoms with Crippen molar-refractivity contribution >= 4 is 23.2 Å². The molecule has 2 heterocycles. The lowest BCUT2D eigenvalue weighted by molar-refractivity contribution is -0.117. The molecular weight excluding hydrogens is 244 g/mol. The van der Waals surface area contributed by atoms with Crippen LogP contribution in [0.1, 0.15) is 13.3 Å². The van der Waals surface area contributed by atoms with Crippen molar-refractivity contribution in [3.63, 3.8) is 0 Å². The van der Waals surface area contributed by atoms with Gasteiger partial charge in [0.1, 0.15) is 0 Å². The molecule has 2 amide bonds. The molecule has 6 nitrogen and oxygen atoms in total. The number of hydrazone groups is 1. The lowest BCUT2D eigenvalue weighted by Gasteiger charge is -2.10. The van der Waals surface area contributed by atoms with Crippen LogP contribution in [0.15, 0.2) is 57.9 Å². The Morgan fingerprint density at radius 1 is 1.16 bits per heavy atom. The van der Waals surface area contributed by atoms with Crippen molar-refractivity contribution < 1.29 is 9.59 Å². The van der Waals surface area contributed by atoms with Crippen molar-refractivity contribution in [2.75, 3.05) is 5.01 Å². The van der Waals surface area contributed by atoms with Crippen LogP contribution in [0.25, 0.3) is 0 Å². The predicted octanol–water partition coefficient (Wildman–Crippen LogP) is 2.29. The van der Waals surface area contributed by atoms with E-state index in [1.54, 1.807) is 0 Å². The van der Waals surface area contributed by atoms with E-state index in [1.165, 1.54) is 17.3 Å². The molecule has 1 aromatic rings. The van der Waals surface area contributed by atoms with E-state index >= 15 is 0 Å². The molecule has 96 valence electrons. The summed E-state index contributed by atoms with van der Waals surface area (Å²) < 4.78 is 0. The van der Waals surface area contributed by atoms with E-state index in [0.29, 0.717) is 6.42 Å². The fraction of sp³-hybridized carbons (Fsp3) is 0.154. The first-order valence-corrected chi connectivity index (χ1v) is 5.70. The van der Waals surface area contributed by atoms with Crippen LogP contribution >= 0.6 is 0 Å². The molecule has 0 N–H and O–H groups in total. The Hall–Kier alpha value is -2.63. The Labute approximate surface area is 110 Å². The molecule has 0 atom stereocenters. The van der Waals surface area contributed by atoms with E-state index in [1.807, 2.05) is 37.3 Å². The molecule has 1 aromatic carbocycles. The number of rotatable bonds is 1. The van der Waals surface area contributed by atoms with Gasteiger partial charge in [0.05, 0.1) is 18.3 Å². The molecule has 3 rings (SSSR count). The number of nitrogens with zero attached hydrogens (tertiary/aromatic N) is 4. The van der Waals surface area contributed by atoms with Crippen molar-refractivity contribution in [1.29, 1.82) is 0 Å². The molecule has 0 spiro atoms. The third-order valence-electron chi connectivity index (χ3n) is 2.35. The van der Waals surface area contributed by atoms with E-state index in [-0.39, 0.29) is 11.8 Å². The van der Waals surface area contributed by atoms with Crippen molar-refractivity contribution in [3.8, 4) is 0 Å². The van der Waals surface area contributed by atoms with E-state index in [4.69, 9.17) is 0 Å². The van der Waals surface area contributed by atoms with Gasteiger partial charge in [0.15, 0.2) is 0 Å². The molecular formula is C13H12N4O2. The smallest absolute Gasteiger partial charge is 0.272 e. The number of azo groups is 1. The fourth-order valence-corrected chi connectivity index (χ4v) is 1.55. The van der Waals surface area contributed by atoms with Crippen LogP contribution in [0.5, 0.6) is 0 Å². The molecule has 0 saturated heterocycles. The number of hydrogen-bond donors (Lipinski definition) is 0. The molecule has 2 aliphatic heterocycles. The quantitative estimate of drug-likeness (QED) is 0.773. The number of benzene rings is 1. The maximum absolute atomic E-state index is 11.4. The zero-order chi connectivity index (χ0) is 13.7. The SMILES string of the molecule is CC1=NN(c2ccccc2)C(=O)C1.O=C1C=CN=N1. The second-order valence-corrected chi connectivity index (χ2v) is 3.92. The minimum absolute atomic E-state index is 0.0451. The predicted molar refractivity (Wildman–Crippen MR) is 70.7 cm³/mol. The van der Waals surface area contributed by atoms with Gasteiger partial charge in [-0.05, 0) is 19.1 Å². The number of anilines is 1. The normalized spacial score (nSPS) is 16.5. The summed E-state index contributed by atoms with van der Waals surface area (Å²) in [5.41, 5.74) is 1.71. The number of amides is 2. The number of para-hydroxylation sites is 1. The van der Waals surface area contributed by atoms with Gasteiger partial charge in [0, 0.05) is 11.8 Å². The maximum Gasteiger partial charge on any atom is 0.289 e. The highest BCUT2D eigenvalue weighted by molar-refractivity contribution is 6.12. The van der Waals surface area contributed by atoms with Gasteiger partial charge in [-0.25, -0.2) is 5.01 Å². The Kier molecular flexibility index (Phi) is 3.92. The van der Waals surface area contributed by atoms with Crippen molar-refractivity contribution in [3.05, 3.63) is 42.6 Å². The highest BCUT2D eigenvalue weighted by atomic mass is 16.2. The minimum atomic E-state index is -0.269. The monoisotopic (exact) mass is 256 g/mol. The number of hydrogen-bond acceptors (Lipinski definition) is 4. The van der Waals surface area contributed by atoms with Crippen molar-refractivity contribution in [1.82, 2.24) is 0 Å². The molecule has 0 aromatic heterocycles. The van der Waals surface area contributed by atoms with Crippen LogP contribution in [-0.4, -0.2) is 17.5 Å². The Balaban J connectivity index is 0.000000186. The van der Waals surface area contributed by atoms with E-state index in [0.717, 1.165) is 11.4 Å². The van der Waals surface area contributed by atoms with Crippen LogP contribution in [-0.2, 0) is 9.59 Å². The highest BCUT2D eigenvalue weighted by Gasteiger charge is 2.21. The van der Waals surface area contributed by atoms with Crippen LogP contribution in [0.4, 0.5) is 5.69 Å². The fourth-order valence-electron chi connectivity index (χ4n) is 1.55. The standard InChI is InChI=1S/C10H10N2O.C3H2N2O/c1-8-7-10(13)12(11-8)9-5-3-2-4-6-9;6-3-1-2-4-5-3/h2-6H,7H2,1H3;1-2H. The Bertz CT molecular complexity index is 562. The topological polar surface area (TPSA) is 74.5 Å². The summed E-state index contributed by atoms with van der Waals surface area (Å²) in [5, 5.41) is 12.0. The molecule has 0 radical (unpaired) electrons. The number of carbonyl (C=O) groups is 2. The summed E-state index contributed by atoms with van der Waals surface area (Å²) in [4.78, 5) is 21.3. The average Bonchev–Trinajstić information content (AvgIpc) is 3.00. The summed E-state index contributed by atoms with van der Waals surface area (Å²) in [6, 6.07) is 9.46. The van der Waals surface area contributed by atoms with Gasteiger partial charge in [0.25, 0.3) is 11.8 Å². The molecule has 0 fully saturated rings. The van der Waals surface area contributed by atoms with E-state index in [9.17, 15) is 9.59 Å². The van der Waals surface area contributed by atoms with Crippen LogP contribution in [0.2, 0.25) is 0 Å². The second kappa shape index (κ2) is 5.81. The largest absolute Gasteiger partial charge is 0.289 e. The van der Waals surface area contributed by atoms with E-state index in [2.05, 4.69) is 15.3 Å². The summed E-state index contributed by atoms with van der Waals surface area (Å²) in [6.45, 7) is 1.86. The first kappa shape index (κ1) is 12.8. The second-order valence-electron chi connectivity index (χ2n) is 3.92. The number of carbonyl (C=O) groups excluding carboxylic acids is 2. The van der Waals surface area contributed by atoms with Gasteiger partial charge in [0.2, 0.25) is 0 Å². The molecule has 19 heavy (non-hydrogen) atoms. The third kappa shape index (κ3) is 3.41. The van der Waals surface area contributed by atoms with Crippen molar-refractivity contribution in [2.45, 2.75) is 13.3 Å². The lowest BCUT2D eigenvalue weighted by Crippen LogP contribution is -2.19. The van der Waals surface area contributed by atoms with Crippen molar-refractivity contribution in [2.24, 2.45) is 15.3 Å². The zero-order valence-corrected chi connectivity index (χ0v) is 10.4. The summed E-state index contributed by atoms with van der Waals surface area (Å²) in [5.74, 6) is -0.223. The molecule has 2 aliphatic rings. The molecule has 0 bridgehead atoms. The first-order chi connectivity index (χ1) is 9.16.